The van der Waals surface area contributed by atoms with Crippen LogP contribution in [-0.2, 0) is 12.3 Å². The second-order valence-corrected chi connectivity index (χ2v) is 4.84. The molecule has 0 amide bonds. The fourth-order valence-electron chi connectivity index (χ4n) is 2.66. The van der Waals surface area contributed by atoms with Gasteiger partial charge in [0.2, 0.25) is 0 Å². The van der Waals surface area contributed by atoms with Crippen LogP contribution in [0.15, 0.2) is 30.5 Å². The summed E-state index contributed by atoms with van der Waals surface area (Å²) in [7, 11) is 0. The molecule has 17 heavy (non-hydrogen) atoms. The predicted molar refractivity (Wildman–Crippen MR) is 69.4 cm³/mol. The Labute approximate surface area is 106 Å². The molecule has 1 aromatic carbocycles. The maximum Gasteiger partial charge on any atom is 0.113 e. The average Bonchev–Trinajstić information content (AvgIpc) is 2.87. The smallest absolute Gasteiger partial charge is 0.113 e. The third-order valence-corrected chi connectivity index (χ3v) is 3.78. The zero-order valence-corrected chi connectivity index (χ0v) is 10.4. The van der Waals surface area contributed by atoms with Gasteiger partial charge in [-0.25, -0.2) is 4.98 Å². The molecule has 2 aromatic rings. The van der Waals surface area contributed by atoms with Crippen LogP contribution in [-0.4, -0.2) is 9.97 Å². The lowest BCUT2D eigenvalue weighted by Gasteiger charge is -2.23. The van der Waals surface area contributed by atoms with Gasteiger partial charge in [0.25, 0.3) is 0 Å². The molecule has 2 nitrogen and oxygen atoms in total. The summed E-state index contributed by atoms with van der Waals surface area (Å²) < 4.78 is 0. The van der Waals surface area contributed by atoms with Gasteiger partial charge in [-0.15, -0.1) is 11.6 Å². The molecule has 1 aromatic heterocycles. The zero-order chi connectivity index (χ0) is 11.7. The van der Waals surface area contributed by atoms with Gasteiger partial charge in [-0.05, 0) is 30.4 Å². The molecule has 1 heterocycles. The number of nitrogens with zero attached hydrogens (tertiary/aromatic N) is 1. The van der Waals surface area contributed by atoms with Gasteiger partial charge in [-0.3, -0.25) is 0 Å². The Hall–Kier alpha value is -1.28. The van der Waals surface area contributed by atoms with E-state index in [4.69, 9.17) is 11.6 Å². The van der Waals surface area contributed by atoms with Crippen LogP contribution in [0.3, 0.4) is 0 Å². The van der Waals surface area contributed by atoms with Gasteiger partial charge in [0.15, 0.2) is 0 Å². The molecule has 0 bridgehead atoms. The normalized spacial score (nSPS) is 19.0. The number of nitrogens with one attached hydrogen (secondary N) is 1. The Morgan fingerprint density at radius 2 is 2.24 bits per heavy atom. The molecule has 1 atom stereocenters. The lowest BCUT2D eigenvalue weighted by Crippen LogP contribution is -2.12. The van der Waals surface area contributed by atoms with E-state index in [0.717, 1.165) is 11.5 Å². The summed E-state index contributed by atoms with van der Waals surface area (Å²) in [6, 6.07) is 8.69. The molecule has 1 unspecified atom stereocenters. The molecule has 1 aliphatic rings. The number of aryl methyl sites for hydroxylation is 1. The van der Waals surface area contributed by atoms with Crippen LogP contribution in [0, 0.1) is 0 Å². The highest BCUT2D eigenvalue weighted by Crippen LogP contribution is 2.35. The van der Waals surface area contributed by atoms with Crippen LogP contribution >= 0.6 is 11.6 Å². The fraction of sp³-hybridized carbons (Fsp3) is 0.357. The minimum atomic E-state index is 0.414. The number of rotatable bonds is 2. The number of aromatic amines is 1. The summed E-state index contributed by atoms with van der Waals surface area (Å²) in [4.78, 5) is 7.80. The molecule has 1 N–H and O–H groups in total. The van der Waals surface area contributed by atoms with Crippen molar-refractivity contribution in [1.29, 1.82) is 0 Å². The first-order valence-corrected chi connectivity index (χ1v) is 6.59. The van der Waals surface area contributed by atoms with E-state index in [1.54, 1.807) is 0 Å². The van der Waals surface area contributed by atoms with Crippen LogP contribution in [0.4, 0.5) is 0 Å². The molecule has 0 saturated heterocycles. The van der Waals surface area contributed by atoms with Crippen molar-refractivity contribution in [2.75, 3.05) is 0 Å². The van der Waals surface area contributed by atoms with E-state index in [9.17, 15) is 0 Å². The van der Waals surface area contributed by atoms with Crippen LogP contribution in [0.5, 0.6) is 0 Å². The zero-order valence-electron chi connectivity index (χ0n) is 9.62. The second-order valence-electron chi connectivity index (χ2n) is 4.57. The monoisotopic (exact) mass is 246 g/mol. The molecular formula is C14H15ClN2. The van der Waals surface area contributed by atoms with E-state index in [1.807, 2.05) is 6.20 Å². The number of imidazole rings is 1. The molecule has 1 aliphatic carbocycles. The molecule has 0 aliphatic heterocycles. The minimum absolute atomic E-state index is 0.414. The number of H-pyrrole nitrogens is 1. The van der Waals surface area contributed by atoms with Crippen molar-refractivity contribution in [3.05, 3.63) is 53.1 Å². The number of aromatic nitrogens is 2. The van der Waals surface area contributed by atoms with Gasteiger partial charge in [0.1, 0.15) is 5.82 Å². The Kier molecular flexibility index (Phi) is 2.89. The predicted octanol–water partition coefficient (Wildman–Crippen LogP) is 3.62. The standard InChI is InChI=1S/C14H15ClN2/c15-8-11-9-16-14(17-11)13-7-3-5-10-4-1-2-6-12(10)13/h1-2,4,6,9,13H,3,5,7-8H2,(H,16,17). The van der Waals surface area contributed by atoms with E-state index < -0.39 is 0 Å². The summed E-state index contributed by atoms with van der Waals surface area (Å²) >= 11 is 5.81. The molecule has 3 heteroatoms. The molecule has 88 valence electrons. The molecule has 3 rings (SSSR count). The number of hydrogen-bond acceptors (Lipinski definition) is 1. The third kappa shape index (κ3) is 1.98. The highest BCUT2D eigenvalue weighted by atomic mass is 35.5. The Morgan fingerprint density at radius 3 is 3.06 bits per heavy atom. The average molecular weight is 247 g/mol. The first-order chi connectivity index (χ1) is 8.38. The largest absolute Gasteiger partial charge is 0.344 e. The third-order valence-electron chi connectivity index (χ3n) is 3.49. The lowest BCUT2D eigenvalue weighted by molar-refractivity contribution is 0.594. The molecular weight excluding hydrogens is 232 g/mol. The van der Waals surface area contributed by atoms with Crippen molar-refractivity contribution in [2.45, 2.75) is 31.1 Å². The summed E-state index contributed by atoms with van der Waals surface area (Å²) in [5, 5.41) is 0. The number of hydrogen-bond donors (Lipinski definition) is 1. The van der Waals surface area contributed by atoms with E-state index in [0.29, 0.717) is 11.8 Å². The quantitative estimate of drug-likeness (QED) is 0.806. The van der Waals surface area contributed by atoms with Gasteiger partial charge in [-0.2, -0.15) is 0 Å². The first-order valence-electron chi connectivity index (χ1n) is 6.06. The van der Waals surface area contributed by atoms with Crippen molar-refractivity contribution in [3.8, 4) is 0 Å². The molecule has 0 radical (unpaired) electrons. The summed E-state index contributed by atoms with van der Waals surface area (Å²) in [6.45, 7) is 0. The fourth-order valence-corrected chi connectivity index (χ4v) is 2.80. The Morgan fingerprint density at radius 1 is 1.35 bits per heavy atom. The summed E-state index contributed by atoms with van der Waals surface area (Å²) in [5.74, 6) is 1.98. The van der Waals surface area contributed by atoms with Gasteiger partial charge in [0.05, 0.1) is 5.88 Å². The summed E-state index contributed by atoms with van der Waals surface area (Å²) in [5.41, 5.74) is 3.89. The SMILES string of the molecule is ClCc1cnc(C2CCCc3ccccc32)[nH]1. The maximum absolute atomic E-state index is 5.81. The van der Waals surface area contributed by atoms with Crippen LogP contribution in [0.25, 0.3) is 0 Å². The van der Waals surface area contributed by atoms with Gasteiger partial charge >= 0.3 is 0 Å². The van der Waals surface area contributed by atoms with Gasteiger partial charge in [0, 0.05) is 17.8 Å². The number of fused-ring (bicyclic) bond motifs is 1. The number of alkyl halides is 1. The lowest BCUT2D eigenvalue weighted by atomic mass is 9.82. The number of halogens is 1. The van der Waals surface area contributed by atoms with Crippen LogP contribution in [0.2, 0.25) is 0 Å². The first kappa shape index (κ1) is 10.8. The van der Waals surface area contributed by atoms with Crippen molar-refractivity contribution >= 4 is 11.6 Å². The highest BCUT2D eigenvalue weighted by molar-refractivity contribution is 6.16. The van der Waals surface area contributed by atoms with Crippen molar-refractivity contribution in [2.24, 2.45) is 0 Å². The highest BCUT2D eigenvalue weighted by Gasteiger charge is 2.23. The van der Waals surface area contributed by atoms with E-state index in [-0.39, 0.29) is 0 Å². The van der Waals surface area contributed by atoms with E-state index in [2.05, 4.69) is 34.2 Å². The maximum atomic E-state index is 5.81. The minimum Gasteiger partial charge on any atom is -0.344 e. The van der Waals surface area contributed by atoms with Crippen molar-refractivity contribution in [1.82, 2.24) is 9.97 Å². The van der Waals surface area contributed by atoms with Gasteiger partial charge < -0.3 is 4.98 Å². The molecule has 0 fully saturated rings. The van der Waals surface area contributed by atoms with E-state index >= 15 is 0 Å². The molecule has 0 spiro atoms. The second kappa shape index (κ2) is 4.53. The molecule has 0 saturated carbocycles. The number of benzene rings is 1. The van der Waals surface area contributed by atoms with Crippen LogP contribution < -0.4 is 0 Å². The Bertz CT molecular complexity index is 518. The van der Waals surface area contributed by atoms with Crippen molar-refractivity contribution in [3.63, 3.8) is 0 Å². The van der Waals surface area contributed by atoms with E-state index in [1.165, 1.54) is 30.4 Å². The Balaban J connectivity index is 1.99. The topological polar surface area (TPSA) is 28.7 Å². The van der Waals surface area contributed by atoms with Gasteiger partial charge in [-0.1, -0.05) is 24.3 Å². The summed E-state index contributed by atoms with van der Waals surface area (Å²) in [6.07, 6.45) is 5.44. The van der Waals surface area contributed by atoms with Crippen LogP contribution in [0.1, 0.15) is 41.4 Å². The van der Waals surface area contributed by atoms with Crippen molar-refractivity contribution < 1.29 is 0 Å².